The first-order valence-electron chi connectivity index (χ1n) is 5.46. The van der Waals surface area contributed by atoms with Crippen molar-refractivity contribution in [3.05, 3.63) is 0 Å². The smallest absolute Gasteiger partial charge is 0.186 e. The van der Waals surface area contributed by atoms with Gasteiger partial charge in [-0.15, -0.1) is 0 Å². The molecule has 1 rings (SSSR count). The summed E-state index contributed by atoms with van der Waals surface area (Å²) in [4.78, 5) is 0. The molecule has 0 saturated heterocycles. The van der Waals surface area contributed by atoms with E-state index in [-0.39, 0.29) is 0 Å². The van der Waals surface area contributed by atoms with Crippen molar-refractivity contribution in [3.8, 4) is 0 Å². The third-order valence-corrected chi connectivity index (χ3v) is 3.01. The van der Waals surface area contributed by atoms with Gasteiger partial charge in [0, 0.05) is 12.8 Å². The molecule has 0 unspecified atom stereocenters. The van der Waals surface area contributed by atoms with Crippen LogP contribution in [0, 0.1) is 11.3 Å². The third kappa shape index (κ3) is 4.16. The monoisotopic (exact) mass is 227 g/mol. The Morgan fingerprint density at radius 1 is 1.53 bits per heavy atom. The zero-order chi connectivity index (χ0) is 11.5. The van der Waals surface area contributed by atoms with E-state index in [0.29, 0.717) is 10.5 Å². The molecule has 0 aliphatic heterocycles. The van der Waals surface area contributed by atoms with Gasteiger partial charge in [-0.1, -0.05) is 20.8 Å². The van der Waals surface area contributed by atoms with Gasteiger partial charge in [0.25, 0.3) is 0 Å². The lowest BCUT2D eigenvalue weighted by Gasteiger charge is -2.34. The molecule has 1 saturated carbocycles. The van der Waals surface area contributed by atoms with Gasteiger partial charge in [0.05, 0.1) is 0 Å². The lowest BCUT2D eigenvalue weighted by atomic mass is 9.72. The lowest BCUT2D eigenvalue weighted by Crippen LogP contribution is -2.33. The Morgan fingerprint density at radius 2 is 2.20 bits per heavy atom. The zero-order valence-corrected chi connectivity index (χ0v) is 10.9. The van der Waals surface area contributed by atoms with Crippen LogP contribution in [-0.4, -0.2) is 17.9 Å². The van der Waals surface area contributed by atoms with Crippen LogP contribution in [0.15, 0.2) is 5.10 Å². The van der Waals surface area contributed by atoms with Crippen molar-refractivity contribution in [2.24, 2.45) is 16.4 Å². The van der Waals surface area contributed by atoms with Gasteiger partial charge in [-0.25, -0.2) is 0 Å². The SMILES string of the molecule is CNC(=S)N/N=C1/C[C@@H](C)CC(C)(C)C1. The molecule has 0 spiro atoms. The molecule has 0 radical (unpaired) electrons. The summed E-state index contributed by atoms with van der Waals surface area (Å²) in [6, 6.07) is 0. The Morgan fingerprint density at radius 3 is 2.73 bits per heavy atom. The van der Waals surface area contributed by atoms with Gasteiger partial charge < -0.3 is 5.32 Å². The number of nitrogens with zero attached hydrogens (tertiary/aromatic N) is 1. The summed E-state index contributed by atoms with van der Waals surface area (Å²) in [6.45, 7) is 6.88. The first-order chi connectivity index (χ1) is 6.93. The molecule has 0 amide bonds. The van der Waals surface area contributed by atoms with Crippen molar-refractivity contribution < 1.29 is 0 Å². The average Bonchev–Trinajstić information content (AvgIpc) is 2.11. The van der Waals surface area contributed by atoms with E-state index in [2.05, 4.69) is 36.6 Å². The maximum Gasteiger partial charge on any atom is 0.186 e. The highest BCUT2D eigenvalue weighted by Gasteiger charge is 2.29. The van der Waals surface area contributed by atoms with Gasteiger partial charge >= 0.3 is 0 Å². The lowest BCUT2D eigenvalue weighted by molar-refractivity contribution is 0.265. The van der Waals surface area contributed by atoms with Gasteiger partial charge in [0.2, 0.25) is 0 Å². The second kappa shape index (κ2) is 4.92. The Balaban J connectivity index is 2.58. The van der Waals surface area contributed by atoms with Crippen LogP contribution in [-0.2, 0) is 0 Å². The van der Waals surface area contributed by atoms with Crippen LogP contribution in [0.2, 0.25) is 0 Å². The molecule has 0 heterocycles. The van der Waals surface area contributed by atoms with Gasteiger partial charge in [0.15, 0.2) is 5.11 Å². The number of nitrogens with one attached hydrogen (secondary N) is 2. The molecule has 1 aliphatic rings. The summed E-state index contributed by atoms with van der Waals surface area (Å²) < 4.78 is 0. The molecule has 2 N–H and O–H groups in total. The number of hydrogen-bond donors (Lipinski definition) is 2. The van der Waals surface area contributed by atoms with Crippen LogP contribution >= 0.6 is 12.2 Å². The number of hydrazone groups is 1. The number of rotatable bonds is 1. The highest BCUT2D eigenvalue weighted by molar-refractivity contribution is 7.80. The molecule has 1 atom stereocenters. The molecular formula is C11H21N3S. The van der Waals surface area contributed by atoms with E-state index in [0.717, 1.165) is 18.8 Å². The fourth-order valence-corrected chi connectivity index (χ4v) is 2.43. The molecule has 86 valence electrons. The van der Waals surface area contributed by atoms with Crippen LogP contribution in [0.25, 0.3) is 0 Å². The van der Waals surface area contributed by atoms with Crippen molar-refractivity contribution in [1.82, 2.24) is 10.7 Å². The molecule has 1 aliphatic carbocycles. The molecule has 15 heavy (non-hydrogen) atoms. The van der Waals surface area contributed by atoms with Crippen LogP contribution < -0.4 is 10.7 Å². The summed E-state index contributed by atoms with van der Waals surface area (Å²) in [6.07, 6.45) is 3.43. The van der Waals surface area contributed by atoms with E-state index in [1.165, 1.54) is 12.1 Å². The predicted octanol–water partition coefficient (Wildman–Crippen LogP) is 2.28. The van der Waals surface area contributed by atoms with Crippen molar-refractivity contribution in [2.45, 2.75) is 40.0 Å². The van der Waals surface area contributed by atoms with Gasteiger partial charge in [-0.3, -0.25) is 5.43 Å². The van der Waals surface area contributed by atoms with E-state index in [1.54, 1.807) is 7.05 Å². The van der Waals surface area contributed by atoms with Crippen molar-refractivity contribution in [2.75, 3.05) is 7.05 Å². The molecule has 1 fully saturated rings. The van der Waals surface area contributed by atoms with E-state index >= 15 is 0 Å². The molecular weight excluding hydrogens is 206 g/mol. The van der Waals surface area contributed by atoms with Crippen LogP contribution in [0.4, 0.5) is 0 Å². The van der Waals surface area contributed by atoms with E-state index in [1.807, 2.05) is 0 Å². The minimum Gasteiger partial charge on any atom is -0.364 e. The van der Waals surface area contributed by atoms with E-state index in [4.69, 9.17) is 12.2 Å². The maximum atomic E-state index is 4.98. The van der Waals surface area contributed by atoms with Crippen LogP contribution in [0.1, 0.15) is 40.0 Å². The highest BCUT2D eigenvalue weighted by Crippen LogP contribution is 2.36. The third-order valence-electron chi connectivity index (χ3n) is 2.71. The first-order valence-corrected chi connectivity index (χ1v) is 5.87. The Labute approximate surface area is 97.7 Å². The summed E-state index contributed by atoms with van der Waals surface area (Å²) in [5.74, 6) is 0.720. The number of thiocarbonyl (C=S) groups is 1. The maximum absolute atomic E-state index is 4.98. The quantitative estimate of drug-likeness (QED) is 0.533. The minimum atomic E-state index is 0.374. The first kappa shape index (κ1) is 12.4. The molecule has 0 aromatic rings. The Bertz CT molecular complexity index is 271. The molecule has 4 heteroatoms. The minimum absolute atomic E-state index is 0.374. The molecule has 0 aromatic carbocycles. The summed E-state index contributed by atoms with van der Waals surface area (Å²) in [7, 11) is 1.79. The fourth-order valence-electron chi connectivity index (χ4n) is 2.39. The van der Waals surface area contributed by atoms with Gasteiger partial charge in [-0.05, 0) is 42.8 Å². The fraction of sp³-hybridized carbons (Fsp3) is 0.818. The summed E-state index contributed by atoms with van der Waals surface area (Å²) in [5, 5.41) is 7.79. The Kier molecular flexibility index (Phi) is 4.08. The zero-order valence-electron chi connectivity index (χ0n) is 10.1. The molecule has 3 nitrogen and oxygen atoms in total. The second-order valence-corrected chi connectivity index (χ2v) is 5.63. The van der Waals surface area contributed by atoms with Gasteiger partial charge in [-0.2, -0.15) is 5.10 Å². The second-order valence-electron chi connectivity index (χ2n) is 5.22. The normalized spacial score (nSPS) is 27.5. The highest BCUT2D eigenvalue weighted by atomic mass is 32.1. The van der Waals surface area contributed by atoms with Crippen LogP contribution in [0.3, 0.4) is 0 Å². The Hall–Kier alpha value is -0.640. The predicted molar refractivity (Wildman–Crippen MR) is 69.0 cm³/mol. The van der Waals surface area contributed by atoms with E-state index < -0.39 is 0 Å². The van der Waals surface area contributed by atoms with Crippen molar-refractivity contribution in [1.29, 1.82) is 0 Å². The number of hydrogen-bond acceptors (Lipinski definition) is 2. The molecule has 0 bridgehead atoms. The van der Waals surface area contributed by atoms with Crippen LogP contribution in [0.5, 0.6) is 0 Å². The standard InChI is InChI=1S/C11H21N3S/c1-8-5-9(7-11(2,3)6-8)13-14-10(15)12-4/h8H,5-7H2,1-4H3,(H2,12,14,15)/b13-9-/t8-/m1/s1. The average molecular weight is 227 g/mol. The summed E-state index contributed by atoms with van der Waals surface area (Å²) >= 11 is 4.98. The summed E-state index contributed by atoms with van der Waals surface area (Å²) in [5.41, 5.74) is 4.48. The van der Waals surface area contributed by atoms with Crippen molar-refractivity contribution >= 4 is 23.0 Å². The van der Waals surface area contributed by atoms with E-state index in [9.17, 15) is 0 Å². The molecule has 0 aromatic heterocycles. The topological polar surface area (TPSA) is 36.4 Å². The van der Waals surface area contributed by atoms with Crippen molar-refractivity contribution in [3.63, 3.8) is 0 Å². The largest absolute Gasteiger partial charge is 0.364 e. The van der Waals surface area contributed by atoms with Gasteiger partial charge in [0.1, 0.15) is 0 Å².